The molecule has 1 amide bonds. The molecular weight excluding hydrogens is 340 g/mol. The second kappa shape index (κ2) is 8.02. The van der Waals surface area contributed by atoms with Crippen LogP contribution < -0.4 is 14.8 Å². The van der Waals surface area contributed by atoms with E-state index in [1.165, 1.54) is 0 Å². The van der Waals surface area contributed by atoms with E-state index in [0.717, 1.165) is 11.3 Å². The third-order valence-electron chi connectivity index (χ3n) is 3.76. The van der Waals surface area contributed by atoms with Gasteiger partial charge in [0.05, 0.1) is 18.9 Å². The van der Waals surface area contributed by atoms with Crippen LogP contribution in [0.3, 0.4) is 0 Å². The first-order valence-corrected chi connectivity index (χ1v) is 9.55. The molecule has 0 aromatic heterocycles. The summed E-state index contributed by atoms with van der Waals surface area (Å²) < 4.78 is 30.6. The van der Waals surface area contributed by atoms with Gasteiger partial charge in [-0.15, -0.1) is 0 Å². The molecule has 0 heterocycles. The first kappa shape index (κ1) is 18.8. The van der Waals surface area contributed by atoms with Gasteiger partial charge < -0.3 is 10.1 Å². The van der Waals surface area contributed by atoms with Gasteiger partial charge in [0.2, 0.25) is 10.0 Å². The number of nitrogens with one attached hydrogen (secondary N) is 2. The summed E-state index contributed by atoms with van der Waals surface area (Å²) in [6.45, 7) is 3.45. The first-order valence-electron chi connectivity index (χ1n) is 7.90. The maximum atomic E-state index is 12.3. The number of carbonyl (C=O) groups excluding carboxylic acids is 1. The maximum absolute atomic E-state index is 12.3. The number of benzene rings is 2. The minimum Gasteiger partial charge on any atom is -0.497 e. The number of carbonyl (C=O) groups is 1. The van der Waals surface area contributed by atoms with Crippen molar-refractivity contribution in [3.05, 3.63) is 59.7 Å². The molecule has 0 unspecified atom stereocenters. The molecule has 0 radical (unpaired) electrons. The molecular formula is C18H22N2O4S. The quantitative estimate of drug-likeness (QED) is 0.793. The van der Waals surface area contributed by atoms with Gasteiger partial charge in [-0.2, -0.15) is 0 Å². The third kappa shape index (κ3) is 5.22. The third-order valence-corrected chi connectivity index (χ3v) is 5.07. The van der Waals surface area contributed by atoms with Crippen LogP contribution in [0.25, 0.3) is 0 Å². The van der Waals surface area contributed by atoms with Crippen LogP contribution in [-0.2, 0) is 10.0 Å². The molecule has 1 atom stereocenters. The smallest absolute Gasteiger partial charge is 0.251 e. The molecule has 2 aromatic carbocycles. The highest BCUT2D eigenvalue weighted by Gasteiger charge is 2.12. The van der Waals surface area contributed by atoms with Crippen molar-refractivity contribution in [3.8, 4) is 5.75 Å². The predicted molar refractivity (Wildman–Crippen MR) is 98.4 cm³/mol. The minimum absolute atomic E-state index is 0.00534. The van der Waals surface area contributed by atoms with Gasteiger partial charge in [0.15, 0.2) is 0 Å². The van der Waals surface area contributed by atoms with Crippen molar-refractivity contribution in [2.45, 2.75) is 19.9 Å². The fraction of sp³-hybridized carbons (Fsp3) is 0.278. The molecule has 0 bridgehead atoms. The molecule has 0 saturated heterocycles. The molecule has 2 N–H and O–H groups in total. The van der Waals surface area contributed by atoms with E-state index < -0.39 is 10.0 Å². The van der Waals surface area contributed by atoms with E-state index in [0.29, 0.717) is 11.3 Å². The van der Waals surface area contributed by atoms with Gasteiger partial charge in [-0.25, -0.2) is 8.42 Å². The molecule has 134 valence electrons. The number of sulfonamides is 1. The second-order valence-corrected chi connectivity index (χ2v) is 7.56. The van der Waals surface area contributed by atoms with Gasteiger partial charge in [-0.1, -0.05) is 12.1 Å². The van der Waals surface area contributed by atoms with Gasteiger partial charge in [0.1, 0.15) is 5.75 Å². The van der Waals surface area contributed by atoms with E-state index >= 15 is 0 Å². The highest BCUT2D eigenvalue weighted by Crippen LogP contribution is 2.18. The van der Waals surface area contributed by atoms with Gasteiger partial charge in [0.25, 0.3) is 5.91 Å². The Morgan fingerprint density at radius 3 is 2.20 bits per heavy atom. The summed E-state index contributed by atoms with van der Waals surface area (Å²) in [5.41, 5.74) is 1.85. The number of ether oxygens (including phenoxy) is 1. The predicted octanol–water partition coefficient (Wildman–Crippen LogP) is 2.95. The summed E-state index contributed by atoms with van der Waals surface area (Å²) in [4.78, 5) is 12.3. The summed E-state index contributed by atoms with van der Waals surface area (Å²) in [6, 6.07) is 13.6. The van der Waals surface area contributed by atoms with E-state index in [2.05, 4.69) is 10.0 Å². The molecule has 0 aliphatic rings. The lowest BCUT2D eigenvalue weighted by molar-refractivity contribution is 0.0940. The Labute approximate surface area is 148 Å². The van der Waals surface area contributed by atoms with E-state index in [9.17, 15) is 13.2 Å². The molecule has 0 aliphatic carbocycles. The summed E-state index contributed by atoms with van der Waals surface area (Å²) in [5.74, 6) is 0.523. The number of anilines is 1. The first-order chi connectivity index (χ1) is 11.8. The van der Waals surface area contributed by atoms with Crippen LogP contribution in [0.4, 0.5) is 5.69 Å². The van der Waals surface area contributed by atoms with Crippen LogP contribution in [0.2, 0.25) is 0 Å². The van der Waals surface area contributed by atoms with Gasteiger partial charge in [0, 0.05) is 11.3 Å². The van der Waals surface area contributed by atoms with Crippen molar-refractivity contribution in [2.75, 3.05) is 17.6 Å². The van der Waals surface area contributed by atoms with Gasteiger partial charge in [-0.05, 0) is 55.8 Å². The summed E-state index contributed by atoms with van der Waals surface area (Å²) in [5, 5.41) is 2.91. The van der Waals surface area contributed by atoms with Crippen LogP contribution in [0.5, 0.6) is 5.75 Å². The van der Waals surface area contributed by atoms with E-state index in [1.54, 1.807) is 38.3 Å². The monoisotopic (exact) mass is 362 g/mol. The van der Waals surface area contributed by atoms with Crippen molar-refractivity contribution in [3.63, 3.8) is 0 Å². The molecule has 0 spiro atoms. The normalized spacial score (nSPS) is 12.3. The van der Waals surface area contributed by atoms with Gasteiger partial charge >= 0.3 is 0 Å². The lowest BCUT2D eigenvalue weighted by Gasteiger charge is -2.15. The highest BCUT2D eigenvalue weighted by atomic mass is 32.2. The van der Waals surface area contributed by atoms with Crippen molar-refractivity contribution < 1.29 is 17.9 Å². The lowest BCUT2D eigenvalue weighted by Crippen LogP contribution is -2.26. The van der Waals surface area contributed by atoms with Gasteiger partial charge in [-0.3, -0.25) is 9.52 Å². The number of methoxy groups -OCH3 is 1. The molecule has 25 heavy (non-hydrogen) atoms. The van der Waals surface area contributed by atoms with E-state index in [1.807, 2.05) is 31.2 Å². The summed E-state index contributed by atoms with van der Waals surface area (Å²) in [6.07, 6.45) is 0. The van der Waals surface area contributed by atoms with E-state index in [-0.39, 0.29) is 17.7 Å². The molecule has 0 aliphatic heterocycles. The van der Waals surface area contributed by atoms with E-state index in [4.69, 9.17) is 4.74 Å². The molecule has 6 nitrogen and oxygen atoms in total. The zero-order valence-electron chi connectivity index (χ0n) is 14.4. The zero-order chi connectivity index (χ0) is 18.4. The van der Waals surface area contributed by atoms with Crippen molar-refractivity contribution in [2.24, 2.45) is 0 Å². The Kier molecular flexibility index (Phi) is 6.03. The number of rotatable bonds is 7. The summed E-state index contributed by atoms with van der Waals surface area (Å²) in [7, 11) is -1.73. The van der Waals surface area contributed by atoms with Crippen LogP contribution in [-0.4, -0.2) is 27.2 Å². The van der Waals surface area contributed by atoms with Crippen molar-refractivity contribution in [1.82, 2.24) is 5.32 Å². The van der Waals surface area contributed by atoms with Crippen LogP contribution in [0.1, 0.15) is 35.8 Å². The lowest BCUT2D eigenvalue weighted by atomic mass is 10.1. The SMILES string of the molecule is CCS(=O)(=O)Nc1ccc(C(=O)N[C@@H](C)c2ccc(OC)cc2)cc1. The Balaban J connectivity index is 2.02. The van der Waals surface area contributed by atoms with Crippen LogP contribution in [0, 0.1) is 0 Å². The standard InChI is InChI=1S/C18H22N2O4S/c1-4-25(22,23)20-16-9-5-15(6-10-16)18(21)19-13(2)14-7-11-17(24-3)12-8-14/h5-13,20H,4H2,1-3H3,(H,19,21)/t13-/m0/s1. The van der Waals surface area contributed by atoms with Crippen molar-refractivity contribution >= 4 is 21.6 Å². The Morgan fingerprint density at radius 1 is 1.08 bits per heavy atom. The maximum Gasteiger partial charge on any atom is 0.251 e. The number of hydrogen-bond acceptors (Lipinski definition) is 4. The number of hydrogen-bond donors (Lipinski definition) is 2. The number of amides is 1. The Bertz CT molecular complexity index is 815. The molecule has 2 rings (SSSR count). The Morgan fingerprint density at radius 2 is 1.68 bits per heavy atom. The molecule has 0 fully saturated rings. The molecule has 2 aromatic rings. The summed E-state index contributed by atoms with van der Waals surface area (Å²) >= 11 is 0. The van der Waals surface area contributed by atoms with Crippen LogP contribution >= 0.6 is 0 Å². The fourth-order valence-electron chi connectivity index (χ4n) is 2.20. The largest absolute Gasteiger partial charge is 0.497 e. The fourth-order valence-corrected chi connectivity index (χ4v) is 2.84. The average Bonchev–Trinajstić information content (AvgIpc) is 2.62. The highest BCUT2D eigenvalue weighted by molar-refractivity contribution is 7.92. The molecule has 7 heteroatoms. The molecule has 0 saturated carbocycles. The minimum atomic E-state index is -3.33. The zero-order valence-corrected chi connectivity index (χ0v) is 15.3. The van der Waals surface area contributed by atoms with Crippen molar-refractivity contribution in [1.29, 1.82) is 0 Å². The Hall–Kier alpha value is -2.54. The van der Waals surface area contributed by atoms with Crippen LogP contribution in [0.15, 0.2) is 48.5 Å². The average molecular weight is 362 g/mol. The second-order valence-electron chi connectivity index (χ2n) is 5.55. The topological polar surface area (TPSA) is 84.5 Å².